The van der Waals surface area contributed by atoms with Crippen LogP contribution < -0.4 is 10.1 Å². The molecule has 2 aliphatic rings. The van der Waals surface area contributed by atoms with Crippen LogP contribution in [0.5, 0.6) is 5.75 Å². The molecule has 1 aliphatic carbocycles. The summed E-state index contributed by atoms with van der Waals surface area (Å²) in [6.45, 7) is 5.61. The molecule has 118 valence electrons. The normalized spacial score (nSPS) is 22.4. The summed E-state index contributed by atoms with van der Waals surface area (Å²) in [4.78, 5) is 23.9. The van der Waals surface area contributed by atoms with E-state index < -0.39 is 17.6 Å². The lowest BCUT2D eigenvalue weighted by Crippen LogP contribution is -2.57. The van der Waals surface area contributed by atoms with Crippen molar-refractivity contribution >= 4 is 11.9 Å². The van der Waals surface area contributed by atoms with Crippen molar-refractivity contribution in [2.45, 2.75) is 51.7 Å². The van der Waals surface area contributed by atoms with Gasteiger partial charge < -0.3 is 15.2 Å². The highest BCUT2D eigenvalue weighted by molar-refractivity contribution is 5.90. The van der Waals surface area contributed by atoms with E-state index in [1.165, 1.54) is 0 Å². The number of carbonyl (C=O) groups excluding carboxylic acids is 1. The van der Waals surface area contributed by atoms with E-state index in [9.17, 15) is 14.7 Å². The van der Waals surface area contributed by atoms with E-state index >= 15 is 0 Å². The fraction of sp³-hybridized carbons (Fsp3) is 0.529. The minimum atomic E-state index is -1.19. The molecule has 5 nitrogen and oxygen atoms in total. The number of amides is 1. The molecule has 1 amide bonds. The molecule has 5 heteroatoms. The van der Waals surface area contributed by atoms with Crippen LogP contribution in [-0.4, -0.2) is 28.6 Å². The van der Waals surface area contributed by atoms with Crippen LogP contribution in [-0.2, 0) is 16.0 Å². The molecule has 0 radical (unpaired) electrons. The van der Waals surface area contributed by atoms with Gasteiger partial charge in [0.15, 0.2) is 6.10 Å². The lowest BCUT2D eigenvalue weighted by molar-refractivity contribution is -0.149. The molecule has 1 aromatic carbocycles. The van der Waals surface area contributed by atoms with Crippen molar-refractivity contribution in [3.8, 4) is 5.75 Å². The molecule has 1 heterocycles. The van der Waals surface area contributed by atoms with E-state index in [-0.39, 0.29) is 11.8 Å². The maximum absolute atomic E-state index is 12.4. The Morgan fingerprint density at radius 2 is 1.91 bits per heavy atom. The number of carboxylic acids is 1. The number of hydrogen-bond donors (Lipinski definition) is 2. The summed E-state index contributed by atoms with van der Waals surface area (Å²) in [5.74, 6) is -0.581. The van der Waals surface area contributed by atoms with E-state index in [1.807, 2.05) is 26.0 Å². The lowest BCUT2D eigenvalue weighted by Gasteiger charge is -2.27. The molecule has 1 aromatic rings. The van der Waals surface area contributed by atoms with E-state index in [1.54, 1.807) is 6.92 Å². The van der Waals surface area contributed by atoms with Crippen molar-refractivity contribution in [2.24, 2.45) is 5.92 Å². The molecule has 1 aliphatic heterocycles. The van der Waals surface area contributed by atoms with Crippen molar-refractivity contribution in [1.29, 1.82) is 0 Å². The monoisotopic (exact) mass is 303 g/mol. The maximum Gasteiger partial charge on any atom is 0.329 e. The number of nitrogens with one attached hydrogen (secondary N) is 1. The summed E-state index contributed by atoms with van der Waals surface area (Å²) in [5, 5.41) is 12.1. The van der Waals surface area contributed by atoms with Crippen molar-refractivity contribution in [1.82, 2.24) is 5.32 Å². The number of fused-ring (bicyclic) bond motifs is 1. The smallest absolute Gasteiger partial charge is 0.329 e. The number of rotatable bonds is 4. The number of hydrogen-bond acceptors (Lipinski definition) is 3. The first-order valence-electron chi connectivity index (χ1n) is 7.63. The summed E-state index contributed by atoms with van der Waals surface area (Å²) in [5.41, 5.74) is 2.10. The fourth-order valence-corrected chi connectivity index (χ4v) is 2.99. The van der Waals surface area contributed by atoms with E-state index in [4.69, 9.17) is 4.74 Å². The highest BCUT2D eigenvalue weighted by Crippen LogP contribution is 2.40. The highest BCUT2D eigenvalue weighted by Gasteiger charge is 2.49. The second-order valence-corrected chi connectivity index (χ2v) is 6.63. The van der Waals surface area contributed by atoms with Crippen molar-refractivity contribution < 1.29 is 19.4 Å². The summed E-state index contributed by atoms with van der Waals surface area (Å²) >= 11 is 0. The van der Waals surface area contributed by atoms with E-state index in [0.717, 1.165) is 35.3 Å². The molecule has 0 saturated heterocycles. The molecule has 3 rings (SSSR count). The molecule has 0 unspecified atom stereocenters. The Bertz CT molecular complexity index is 619. The van der Waals surface area contributed by atoms with Gasteiger partial charge in [0.2, 0.25) is 0 Å². The first-order chi connectivity index (χ1) is 10.3. The van der Waals surface area contributed by atoms with Gasteiger partial charge in [-0.3, -0.25) is 4.79 Å². The number of aliphatic carboxylic acids is 1. The minimum absolute atomic E-state index is 0.0159. The van der Waals surface area contributed by atoms with Gasteiger partial charge in [0.25, 0.3) is 5.91 Å². The summed E-state index contributed by atoms with van der Waals surface area (Å²) in [6.07, 6.45) is 1.52. The third-order valence-electron chi connectivity index (χ3n) is 4.86. The third kappa shape index (κ3) is 2.45. The molecule has 22 heavy (non-hydrogen) atoms. The molecular formula is C17H21NO4. The van der Waals surface area contributed by atoms with Crippen LogP contribution in [0.15, 0.2) is 12.1 Å². The molecule has 0 bridgehead atoms. The number of ether oxygens (including phenoxy) is 1. The van der Waals surface area contributed by atoms with Crippen molar-refractivity contribution in [3.63, 3.8) is 0 Å². The second kappa shape index (κ2) is 5.00. The van der Waals surface area contributed by atoms with Crippen LogP contribution >= 0.6 is 0 Å². The van der Waals surface area contributed by atoms with Crippen LogP contribution in [0.4, 0.5) is 0 Å². The Morgan fingerprint density at radius 3 is 2.50 bits per heavy atom. The van der Waals surface area contributed by atoms with Crippen molar-refractivity contribution in [3.05, 3.63) is 28.8 Å². The van der Waals surface area contributed by atoms with Crippen molar-refractivity contribution in [2.75, 3.05) is 0 Å². The van der Waals surface area contributed by atoms with Crippen LogP contribution in [0, 0.1) is 19.8 Å². The Labute approximate surface area is 129 Å². The van der Waals surface area contributed by atoms with Gasteiger partial charge in [-0.15, -0.1) is 0 Å². The molecule has 0 spiro atoms. The number of benzene rings is 1. The SMILES string of the molecule is Cc1cc2c(cc1C)O[C@@H](C(=O)N[C@](C)(C(=O)O)C1CC1)C2. The topological polar surface area (TPSA) is 75.6 Å². The Hall–Kier alpha value is -2.04. The maximum atomic E-state index is 12.4. The first-order valence-corrected chi connectivity index (χ1v) is 7.63. The standard InChI is InChI=1S/C17H21NO4/c1-9-6-11-8-14(22-13(11)7-10(9)2)15(19)18-17(3,16(20)21)12-4-5-12/h6-7,12,14H,4-5,8H2,1-3H3,(H,18,19)(H,20,21)/t14-,17+/m1/s1. The van der Waals surface area contributed by atoms with Gasteiger partial charge in [-0.25, -0.2) is 4.79 Å². The molecule has 0 aromatic heterocycles. The minimum Gasteiger partial charge on any atom is -0.480 e. The Balaban J connectivity index is 1.73. The fourth-order valence-electron chi connectivity index (χ4n) is 2.99. The highest BCUT2D eigenvalue weighted by atomic mass is 16.5. The van der Waals surface area contributed by atoms with Crippen LogP contribution in [0.2, 0.25) is 0 Å². The summed E-state index contributed by atoms with van der Waals surface area (Å²) < 4.78 is 5.73. The van der Waals surface area contributed by atoms with Gasteiger partial charge >= 0.3 is 5.97 Å². The lowest BCUT2D eigenvalue weighted by atomic mass is 9.95. The zero-order valence-corrected chi connectivity index (χ0v) is 13.1. The van der Waals surface area contributed by atoms with Gasteiger partial charge in [-0.2, -0.15) is 0 Å². The Morgan fingerprint density at radius 1 is 1.27 bits per heavy atom. The number of carbonyl (C=O) groups is 2. The number of carboxylic acid groups (broad SMARTS) is 1. The van der Waals surface area contributed by atoms with Crippen LogP contribution in [0.25, 0.3) is 0 Å². The third-order valence-corrected chi connectivity index (χ3v) is 4.86. The van der Waals surface area contributed by atoms with Crippen LogP contribution in [0.3, 0.4) is 0 Å². The zero-order valence-electron chi connectivity index (χ0n) is 13.1. The molecule has 1 fully saturated rings. The average molecular weight is 303 g/mol. The average Bonchev–Trinajstić information content (AvgIpc) is 3.22. The number of aryl methyl sites for hydroxylation is 2. The summed E-state index contributed by atoms with van der Waals surface area (Å²) in [6, 6.07) is 3.98. The van der Waals surface area contributed by atoms with Gasteiger partial charge in [-0.1, -0.05) is 6.07 Å². The molecule has 1 saturated carbocycles. The van der Waals surface area contributed by atoms with Gasteiger partial charge in [0, 0.05) is 6.42 Å². The Kier molecular flexibility index (Phi) is 3.38. The zero-order chi connectivity index (χ0) is 16.1. The van der Waals surface area contributed by atoms with Crippen LogP contribution in [0.1, 0.15) is 36.5 Å². The predicted octanol–water partition coefficient (Wildman–Crippen LogP) is 1.98. The van der Waals surface area contributed by atoms with Gasteiger partial charge in [-0.05, 0) is 62.3 Å². The van der Waals surface area contributed by atoms with E-state index in [0.29, 0.717) is 6.42 Å². The largest absolute Gasteiger partial charge is 0.480 e. The second-order valence-electron chi connectivity index (χ2n) is 6.63. The first kappa shape index (κ1) is 14.9. The molecular weight excluding hydrogens is 282 g/mol. The van der Waals surface area contributed by atoms with Gasteiger partial charge in [0.1, 0.15) is 11.3 Å². The predicted molar refractivity (Wildman–Crippen MR) is 80.9 cm³/mol. The molecule has 2 N–H and O–H groups in total. The summed E-state index contributed by atoms with van der Waals surface area (Å²) in [7, 11) is 0. The molecule has 2 atom stereocenters. The quantitative estimate of drug-likeness (QED) is 0.892. The van der Waals surface area contributed by atoms with E-state index in [2.05, 4.69) is 5.32 Å². The van der Waals surface area contributed by atoms with Gasteiger partial charge in [0.05, 0.1) is 0 Å².